The minimum atomic E-state index is -0.223. The summed E-state index contributed by atoms with van der Waals surface area (Å²) in [5.74, 6) is 0.961. The van der Waals surface area contributed by atoms with E-state index < -0.39 is 0 Å². The molecule has 1 saturated heterocycles. The largest absolute Gasteiger partial charge is 0.489 e. The number of anilines is 1. The molecule has 0 aromatic carbocycles. The van der Waals surface area contributed by atoms with E-state index in [1.807, 2.05) is 0 Å². The monoisotopic (exact) mass is 266 g/mol. The second-order valence-electron chi connectivity index (χ2n) is 4.80. The molecule has 0 aliphatic carbocycles. The number of nitrogens with zero attached hydrogens (tertiary/aromatic N) is 2. The number of methoxy groups -OCH3 is 1. The van der Waals surface area contributed by atoms with Crippen molar-refractivity contribution < 1.29 is 4.74 Å². The molecule has 0 unspecified atom stereocenters. The van der Waals surface area contributed by atoms with E-state index in [4.69, 9.17) is 4.74 Å². The van der Waals surface area contributed by atoms with Crippen LogP contribution < -0.4 is 20.5 Å². The highest BCUT2D eigenvalue weighted by atomic mass is 16.5. The van der Waals surface area contributed by atoms with Gasteiger partial charge >= 0.3 is 0 Å². The van der Waals surface area contributed by atoms with E-state index in [1.54, 1.807) is 0 Å². The first-order valence-electron chi connectivity index (χ1n) is 6.86. The highest BCUT2D eigenvalue weighted by molar-refractivity contribution is 5.50. The summed E-state index contributed by atoms with van der Waals surface area (Å²) in [6, 6.07) is 0.573. The van der Waals surface area contributed by atoms with Gasteiger partial charge in [0.05, 0.1) is 13.4 Å². The second kappa shape index (κ2) is 6.56. The Morgan fingerprint density at radius 1 is 1.53 bits per heavy atom. The average molecular weight is 266 g/mol. The average Bonchev–Trinajstić information content (AvgIpc) is 2.45. The number of H-pyrrole nitrogens is 1. The summed E-state index contributed by atoms with van der Waals surface area (Å²) in [4.78, 5) is 20.6. The summed E-state index contributed by atoms with van der Waals surface area (Å²) in [6.07, 6.45) is 4.72. The number of hydrogen-bond donors (Lipinski definition) is 2. The van der Waals surface area contributed by atoms with Crippen LogP contribution in [0.25, 0.3) is 0 Å². The second-order valence-corrected chi connectivity index (χ2v) is 4.80. The molecule has 1 aromatic rings. The molecule has 2 N–H and O–H groups in total. The molecule has 6 nitrogen and oxygen atoms in total. The number of ether oxygens (including phenoxy) is 1. The number of piperidine rings is 1. The molecule has 0 spiro atoms. The Hall–Kier alpha value is -1.56. The molecule has 6 heteroatoms. The predicted molar refractivity (Wildman–Crippen MR) is 74.9 cm³/mol. The van der Waals surface area contributed by atoms with Crippen molar-refractivity contribution in [1.29, 1.82) is 0 Å². The fourth-order valence-electron chi connectivity index (χ4n) is 2.43. The summed E-state index contributed by atoms with van der Waals surface area (Å²) in [7, 11) is 1.51. The number of aromatic nitrogens is 2. The third kappa shape index (κ3) is 3.26. The predicted octanol–water partition coefficient (Wildman–Crippen LogP) is 0.747. The summed E-state index contributed by atoms with van der Waals surface area (Å²) in [5.41, 5.74) is -0.223. The Balaban J connectivity index is 2.02. The molecule has 106 valence electrons. The molecule has 1 fully saturated rings. The van der Waals surface area contributed by atoms with Crippen LogP contribution in [0.5, 0.6) is 5.75 Å². The van der Waals surface area contributed by atoms with Crippen LogP contribution in [0.4, 0.5) is 5.82 Å². The number of nitrogens with one attached hydrogen (secondary N) is 2. The van der Waals surface area contributed by atoms with Gasteiger partial charge in [-0.1, -0.05) is 6.92 Å². The van der Waals surface area contributed by atoms with E-state index in [0.717, 1.165) is 38.9 Å². The Morgan fingerprint density at radius 2 is 2.26 bits per heavy atom. The fourth-order valence-corrected chi connectivity index (χ4v) is 2.43. The van der Waals surface area contributed by atoms with Gasteiger partial charge in [0.25, 0.3) is 5.56 Å². The van der Waals surface area contributed by atoms with Gasteiger partial charge in [-0.25, -0.2) is 4.98 Å². The van der Waals surface area contributed by atoms with Crippen molar-refractivity contribution >= 4 is 5.82 Å². The number of hydrogen-bond acceptors (Lipinski definition) is 5. The van der Waals surface area contributed by atoms with E-state index in [1.165, 1.54) is 13.4 Å². The van der Waals surface area contributed by atoms with E-state index in [0.29, 0.717) is 17.6 Å². The molecule has 1 aromatic heterocycles. The van der Waals surface area contributed by atoms with Gasteiger partial charge in [-0.3, -0.25) is 4.79 Å². The van der Waals surface area contributed by atoms with Crippen molar-refractivity contribution in [3.8, 4) is 5.75 Å². The van der Waals surface area contributed by atoms with Crippen LogP contribution in [0.1, 0.15) is 26.2 Å². The van der Waals surface area contributed by atoms with Crippen molar-refractivity contribution in [1.82, 2.24) is 15.3 Å². The SMILES string of the molecule is CCCNC1CCN(c2nc[nH]c(=O)c2OC)CC1. The maximum Gasteiger partial charge on any atom is 0.295 e. The lowest BCUT2D eigenvalue weighted by atomic mass is 10.0. The van der Waals surface area contributed by atoms with E-state index in [-0.39, 0.29) is 5.56 Å². The highest BCUT2D eigenvalue weighted by Crippen LogP contribution is 2.24. The van der Waals surface area contributed by atoms with Crippen LogP contribution in [0.3, 0.4) is 0 Å². The van der Waals surface area contributed by atoms with Gasteiger partial charge in [0.1, 0.15) is 0 Å². The lowest BCUT2D eigenvalue weighted by molar-refractivity contribution is 0.391. The minimum Gasteiger partial charge on any atom is -0.489 e. The van der Waals surface area contributed by atoms with Gasteiger partial charge in [-0.15, -0.1) is 0 Å². The molecule has 0 saturated carbocycles. The van der Waals surface area contributed by atoms with Gasteiger partial charge in [0.2, 0.25) is 5.75 Å². The van der Waals surface area contributed by atoms with E-state index >= 15 is 0 Å². The van der Waals surface area contributed by atoms with Gasteiger partial charge in [-0.2, -0.15) is 0 Å². The third-order valence-electron chi connectivity index (χ3n) is 3.47. The molecular formula is C13H22N4O2. The Bertz CT molecular complexity index is 452. The highest BCUT2D eigenvalue weighted by Gasteiger charge is 2.23. The zero-order valence-corrected chi connectivity index (χ0v) is 11.6. The molecule has 0 bridgehead atoms. The van der Waals surface area contributed by atoms with Crippen LogP contribution in [0.2, 0.25) is 0 Å². The first-order chi connectivity index (χ1) is 9.26. The van der Waals surface area contributed by atoms with E-state index in [9.17, 15) is 4.79 Å². The topological polar surface area (TPSA) is 70.2 Å². The Kier molecular flexibility index (Phi) is 4.79. The summed E-state index contributed by atoms with van der Waals surface area (Å²) >= 11 is 0. The van der Waals surface area contributed by atoms with Crippen molar-refractivity contribution in [2.45, 2.75) is 32.2 Å². The van der Waals surface area contributed by atoms with Crippen molar-refractivity contribution in [2.24, 2.45) is 0 Å². The van der Waals surface area contributed by atoms with Crippen molar-refractivity contribution in [3.05, 3.63) is 16.7 Å². The van der Waals surface area contributed by atoms with Crippen molar-refractivity contribution in [2.75, 3.05) is 31.6 Å². The van der Waals surface area contributed by atoms with Gasteiger partial charge in [0, 0.05) is 19.1 Å². The zero-order chi connectivity index (χ0) is 13.7. The third-order valence-corrected chi connectivity index (χ3v) is 3.47. The standard InChI is InChI=1S/C13H22N4O2/c1-3-6-14-10-4-7-17(8-5-10)12-11(19-2)13(18)16-9-15-12/h9-10,14H,3-8H2,1-2H3,(H,15,16,18). The normalized spacial score (nSPS) is 16.6. The van der Waals surface area contributed by atoms with Gasteiger partial charge < -0.3 is 19.9 Å². The summed E-state index contributed by atoms with van der Waals surface area (Å²) in [6.45, 7) is 5.03. The minimum absolute atomic E-state index is 0.223. The first kappa shape index (κ1) is 13.9. The molecule has 2 rings (SSSR count). The molecule has 0 atom stereocenters. The van der Waals surface area contributed by atoms with E-state index in [2.05, 4.69) is 27.1 Å². The Morgan fingerprint density at radius 3 is 2.89 bits per heavy atom. The lowest BCUT2D eigenvalue weighted by Crippen LogP contribution is -2.43. The molecule has 0 radical (unpaired) electrons. The van der Waals surface area contributed by atoms with Crippen LogP contribution in [-0.2, 0) is 0 Å². The molecule has 19 heavy (non-hydrogen) atoms. The van der Waals surface area contributed by atoms with Crippen molar-refractivity contribution in [3.63, 3.8) is 0 Å². The van der Waals surface area contributed by atoms with Gasteiger partial charge in [-0.05, 0) is 25.8 Å². The number of rotatable bonds is 5. The first-order valence-corrected chi connectivity index (χ1v) is 6.86. The molecule has 2 heterocycles. The van der Waals surface area contributed by atoms with Crippen LogP contribution in [-0.4, -0.2) is 42.8 Å². The molecular weight excluding hydrogens is 244 g/mol. The zero-order valence-electron chi connectivity index (χ0n) is 11.6. The molecule has 1 aliphatic rings. The quantitative estimate of drug-likeness (QED) is 0.823. The molecule has 1 aliphatic heterocycles. The smallest absolute Gasteiger partial charge is 0.295 e. The molecule has 0 amide bonds. The summed E-state index contributed by atoms with van der Waals surface area (Å²) < 4.78 is 5.16. The van der Waals surface area contributed by atoms with Crippen LogP contribution >= 0.6 is 0 Å². The van der Waals surface area contributed by atoms with Gasteiger partial charge in [0.15, 0.2) is 5.82 Å². The maximum atomic E-state index is 11.7. The lowest BCUT2D eigenvalue weighted by Gasteiger charge is -2.33. The fraction of sp³-hybridized carbons (Fsp3) is 0.692. The van der Waals surface area contributed by atoms with Crippen LogP contribution in [0.15, 0.2) is 11.1 Å². The maximum absolute atomic E-state index is 11.7. The van der Waals surface area contributed by atoms with Crippen LogP contribution in [0, 0.1) is 0 Å². The number of aromatic amines is 1. The Labute approximate surface area is 113 Å². The summed E-state index contributed by atoms with van der Waals surface area (Å²) in [5, 5.41) is 3.54.